The molecule has 19 heavy (non-hydrogen) atoms. The van der Waals surface area contributed by atoms with Crippen LogP contribution in [0, 0.1) is 0 Å². The quantitative estimate of drug-likeness (QED) is 0.582. The lowest BCUT2D eigenvalue weighted by Crippen LogP contribution is -2.13. The second-order valence-corrected chi connectivity index (χ2v) is 4.10. The smallest absolute Gasteiger partial charge is 0.338 e. The Kier molecular flexibility index (Phi) is 6.60. The zero-order valence-corrected chi connectivity index (χ0v) is 11.1. The van der Waals surface area contributed by atoms with Crippen LogP contribution in [0.15, 0.2) is 24.3 Å². The van der Waals surface area contributed by atoms with E-state index in [4.69, 9.17) is 10.5 Å². The minimum absolute atomic E-state index is 0.0746. The number of benzene rings is 1. The molecule has 0 spiro atoms. The fourth-order valence-electron chi connectivity index (χ4n) is 1.59. The Morgan fingerprint density at radius 3 is 2.79 bits per heavy atom. The predicted octanol–water partition coefficient (Wildman–Crippen LogP) is 1.93. The number of rotatable bonds is 7. The van der Waals surface area contributed by atoms with Gasteiger partial charge in [-0.15, -0.1) is 0 Å². The molecule has 5 nitrogen and oxygen atoms in total. The Labute approximate surface area is 113 Å². The van der Waals surface area contributed by atoms with E-state index in [9.17, 15) is 9.59 Å². The fourth-order valence-corrected chi connectivity index (χ4v) is 1.59. The summed E-state index contributed by atoms with van der Waals surface area (Å²) >= 11 is 0. The van der Waals surface area contributed by atoms with E-state index < -0.39 is 0 Å². The topological polar surface area (TPSA) is 81.4 Å². The first kappa shape index (κ1) is 15.2. The largest absolute Gasteiger partial charge is 0.462 e. The molecule has 0 aliphatic rings. The van der Waals surface area contributed by atoms with Crippen molar-refractivity contribution < 1.29 is 14.3 Å². The van der Waals surface area contributed by atoms with Crippen molar-refractivity contribution in [2.24, 2.45) is 5.73 Å². The second-order valence-electron chi connectivity index (χ2n) is 4.10. The standard InChI is InChI=1S/C14H20N2O3/c1-2-19-14(18)11-6-5-7-12(10-11)16-13(17)8-3-4-9-15/h5-7,10H,2-4,8-9,15H2,1H3,(H,16,17). The molecule has 0 radical (unpaired) electrons. The lowest BCUT2D eigenvalue weighted by Gasteiger charge is -2.07. The average molecular weight is 264 g/mol. The Balaban J connectivity index is 2.56. The molecule has 1 aromatic carbocycles. The lowest BCUT2D eigenvalue weighted by molar-refractivity contribution is -0.116. The van der Waals surface area contributed by atoms with Crippen LogP contribution in [0.1, 0.15) is 36.5 Å². The van der Waals surface area contributed by atoms with Gasteiger partial charge in [0.2, 0.25) is 5.91 Å². The first-order chi connectivity index (χ1) is 9.17. The Hall–Kier alpha value is -1.88. The van der Waals surface area contributed by atoms with Gasteiger partial charge in [-0.1, -0.05) is 6.07 Å². The monoisotopic (exact) mass is 264 g/mol. The third kappa shape index (κ3) is 5.52. The van der Waals surface area contributed by atoms with Crippen molar-refractivity contribution in [1.82, 2.24) is 0 Å². The van der Waals surface area contributed by atoms with E-state index in [1.54, 1.807) is 31.2 Å². The van der Waals surface area contributed by atoms with E-state index in [1.807, 2.05) is 0 Å². The van der Waals surface area contributed by atoms with Crippen LogP contribution in [0.25, 0.3) is 0 Å². The van der Waals surface area contributed by atoms with E-state index in [-0.39, 0.29) is 11.9 Å². The van der Waals surface area contributed by atoms with Gasteiger partial charge in [-0.2, -0.15) is 0 Å². The molecule has 0 atom stereocenters. The lowest BCUT2D eigenvalue weighted by atomic mass is 10.2. The highest BCUT2D eigenvalue weighted by molar-refractivity contribution is 5.94. The van der Waals surface area contributed by atoms with Crippen LogP contribution < -0.4 is 11.1 Å². The summed E-state index contributed by atoms with van der Waals surface area (Å²) in [5.41, 5.74) is 6.40. The molecule has 0 aliphatic heterocycles. The number of nitrogens with two attached hydrogens (primary N) is 1. The van der Waals surface area contributed by atoms with E-state index >= 15 is 0 Å². The van der Waals surface area contributed by atoms with Crippen LogP contribution in [-0.2, 0) is 9.53 Å². The zero-order valence-electron chi connectivity index (χ0n) is 11.1. The van der Waals surface area contributed by atoms with Gasteiger partial charge in [0.05, 0.1) is 12.2 Å². The maximum Gasteiger partial charge on any atom is 0.338 e. The van der Waals surface area contributed by atoms with Crippen LogP contribution in [0.2, 0.25) is 0 Å². The summed E-state index contributed by atoms with van der Waals surface area (Å²) in [6.07, 6.45) is 2.02. The highest BCUT2D eigenvalue weighted by Gasteiger charge is 2.08. The van der Waals surface area contributed by atoms with Crippen LogP contribution in [0.5, 0.6) is 0 Å². The van der Waals surface area contributed by atoms with Gasteiger partial charge in [-0.3, -0.25) is 4.79 Å². The third-order valence-corrected chi connectivity index (χ3v) is 2.52. The van der Waals surface area contributed by atoms with Gasteiger partial charge in [0.1, 0.15) is 0 Å². The number of anilines is 1. The first-order valence-electron chi connectivity index (χ1n) is 6.44. The molecule has 3 N–H and O–H groups in total. The van der Waals surface area contributed by atoms with E-state index in [2.05, 4.69) is 5.32 Å². The average Bonchev–Trinajstić information content (AvgIpc) is 2.39. The molecule has 0 saturated heterocycles. The minimum Gasteiger partial charge on any atom is -0.462 e. The van der Waals surface area contributed by atoms with Gasteiger partial charge in [-0.25, -0.2) is 4.79 Å². The molecule has 0 unspecified atom stereocenters. The van der Waals surface area contributed by atoms with E-state index in [1.165, 1.54) is 0 Å². The Morgan fingerprint density at radius 1 is 1.32 bits per heavy atom. The number of hydrogen-bond acceptors (Lipinski definition) is 4. The summed E-state index contributed by atoms with van der Waals surface area (Å²) in [6.45, 7) is 2.67. The Morgan fingerprint density at radius 2 is 2.11 bits per heavy atom. The van der Waals surface area contributed by atoms with Gasteiger partial charge < -0.3 is 15.8 Å². The van der Waals surface area contributed by atoms with Crippen molar-refractivity contribution in [3.63, 3.8) is 0 Å². The normalized spacial score (nSPS) is 10.0. The van der Waals surface area contributed by atoms with Crippen molar-refractivity contribution >= 4 is 17.6 Å². The van der Waals surface area contributed by atoms with Crippen molar-refractivity contribution in [3.05, 3.63) is 29.8 Å². The third-order valence-electron chi connectivity index (χ3n) is 2.52. The molecule has 1 amide bonds. The van der Waals surface area contributed by atoms with Gasteiger partial charge in [0, 0.05) is 12.1 Å². The number of unbranched alkanes of at least 4 members (excludes halogenated alkanes) is 1. The molecule has 0 fully saturated rings. The Bertz CT molecular complexity index is 432. The van der Waals surface area contributed by atoms with Crippen LogP contribution in [0.3, 0.4) is 0 Å². The molecule has 0 heterocycles. The molecule has 0 aliphatic carbocycles. The maximum absolute atomic E-state index is 11.6. The maximum atomic E-state index is 11.6. The van der Waals surface area contributed by atoms with Gasteiger partial charge in [-0.05, 0) is 44.5 Å². The van der Waals surface area contributed by atoms with E-state index in [0.29, 0.717) is 30.8 Å². The molecule has 104 valence electrons. The number of ether oxygens (including phenoxy) is 1. The summed E-state index contributed by atoms with van der Waals surface area (Å²) in [7, 11) is 0. The number of nitrogens with one attached hydrogen (secondary N) is 1. The van der Waals surface area contributed by atoms with Crippen molar-refractivity contribution in [2.45, 2.75) is 26.2 Å². The van der Waals surface area contributed by atoms with Crippen LogP contribution in [0.4, 0.5) is 5.69 Å². The second kappa shape index (κ2) is 8.26. The highest BCUT2D eigenvalue weighted by Crippen LogP contribution is 2.12. The predicted molar refractivity (Wildman–Crippen MR) is 73.9 cm³/mol. The summed E-state index contributed by atoms with van der Waals surface area (Å²) in [5, 5.41) is 2.75. The fraction of sp³-hybridized carbons (Fsp3) is 0.429. The number of carbonyl (C=O) groups is 2. The molecular formula is C14H20N2O3. The molecule has 0 aromatic heterocycles. The van der Waals surface area contributed by atoms with E-state index in [0.717, 1.165) is 12.8 Å². The van der Waals surface area contributed by atoms with Gasteiger partial charge in [0.15, 0.2) is 0 Å². The number of esters is 1. The van der Waals surface area contributed by atoms with Gasteiger partial charge >= 0.3 is 5.97 Å². The first-order valence-corrected chi connectivity index (χ1v) is 6.44. The SMILES string of the molecule is CCOC(=O)c1cccc(NC(=O)CCCCN)c1. The van der Waals surface area contributed by atoms with Gasteiger partial charge in [0.25, 0.3) is 0 Å². The summed E-state index contributed by atoms with van der Waals surface area (Å²) in [5.74, 6) is -0.462. The van der Waals surface area contributed by atoms with Crippen molar-refractivity contribution in [3.8, 4) is 0 Å². The summed E-state index contributed by atoms with van der Waals surface area (Å²) < 4.78 is 4.90. The highest BCUT2D eigenvalue weighted by atomic mass is 16.5. The summed E-state index contributed by atoms with van der Waals surface area (Å²) in [6, 6.07) is 6.71. The minimum atomic E-state index is -0.387. The van der Waals surface area contributed by atoms with Crippen LogP contribution in [-0.4, -0.2) is 25.0 Å². The van der Waals surface area contributed by atoms with Crippen LogP contribution >= 0.6 is 0 Å². The summed E-state index contributed by atoms with van der Waals surface area (Å²) in [4.78, 5) is 23.2. The van der Waals surface area contributed by atoms with Crippen molar-refractivity contribution in [2.75, 3.05) is 18.5 Å². The number of carbonyl (C=O) groups excluding carboxylic acids is 2. The molecule has 1 aromatic rings. The number of amides is 1. The van der Waals surface area contributed by atoms with Crippen molar-refractivity contribution in [1.29, 1.82) is 0 Å². The molecule has 0 saturated carbocycles. The molecule has 0 bridgehead atoms. The molecular weight excluding hydrogens is 244 g/mol. The molecule has 1 rings (SSSR count). The zero-order chi connectivity index (χ0) is 14.1. The molecule has 5 heteroatoms. The number of hydrogen-bond donors (Lipinski definition) is 2.